The number of carboxylic acid groups (broad SMARTS) is 1. The van der Waals surface area contributed by atoms with Crippen molar-refractivity contribution in [2.24, 2.45) is 5.73 Å². The summed E-state index contributed by atoms with van der Waals surface area (Å²) in [5.74, 6) is -1.83. The van der Waals surface area contributed by atoms with Gasteiger partial charge in [0.2, 0.25) is 0 Å². The summed E-state index contributed by atoms with van der Waals surface area (Å²) in [5, 5.41) is 9.01. The van der Waals surface area contributed by atoms with E-state index in [-0.39, 0.29) is 22.8 Å². The van der Waals surface area contributed by atoms with Crippen LogP contribution in [0.25, 0.3) is 11.4 Å². The summed E-state index contributed by atoms with van der Waals surface area (Å²) in [6, 6.07) is 1.27. The Morgan fingerprint density at radius 3 is 2.74 bits per heavy atom. The van der Waals surface area contributed by atoms with Gasteiger partial charge in [-0.2, -0.15) is 0 Å². The number of hydrogen-bond acceptors (Lipinski definition) is 5. The van der Waals surface area contributed by atoms with Crippen molar-refractivity contribution >= 4 is 23.3 Å². The van der Waals surface area contributed by atoms with Crippen LogP contribution in [-0.2, 0) is 4.74 Å². The normalized spacial score (nSPS) is 10.4. The second-order valence-electron chi connectivity index (χ2n) is 3.61. The van der Waals surface area contributed by atoms with Crippen molar-refractivity contribution in [1.82, 2.24) is 14.4 Å². The van der Waals surface area contributed by atoms with Crippen molar-refractivity contribution in [3.05, 3.63) is 36.1 Å². The maximum atomic E-state index is 11.2. The molecule has 8 heteroatoms. The van der Waals surface area contributed by atoms with Gasteiger partial charge in [-0.05, 0) is 6.07 Å². The number of carboxylic acids is 1. The summed E-state index contributed by atoms with van der Waals surface area (Å²) in [6.45, 7) is 3.64. The van der Waals surface area contributed by atoms with E-state index in [0.717, 1.165) is 0 Å². The summed E-state index contributed by atoms with van der Waals surface area (Å²) in [4.78, 5) is 29.9. The first kappa shape index (κ1) is 12.6. The van der Waals surface area contributed by atoms with Gasteiger partial charge in [0.25, 0.3) is 5.91 Å². The number of rotatable bonds is 4. The van der Waals surface area contributed by atoms with Crippen LogP contribution in [0.4, 0.5) is 0 Å². The van der Waals surface area contributed by atoms with Gasteiger partial charge in [0.15, 0.2) is 17.0 Å². The highest BCUT2D eigenvalue weighted by molar-refractivity contribution is 5.97. The number of aromatic carboxylic acids is 1. The number of carbonyl (C=O) groups is 2. The largest absolute Gasteiger partial charge is 0.495 e. The van der Waals surface area contributed by atoms with Gasteiger partial charge in [-0.15, -0.1) is 0 Å². The number of nitrogens with two attached hydrogens (primary N) is 1. The third kappa shape index (κ3) is 1.99. The lowest BCUT2D eigenvalue weighted by atomic mass is 10.2. The first-order valence-corrected chi connectivity index (χ1v) is 5.10. The summed E-state index contributed by atoms with van der Waals surface area (Å²) < 4.78 is 6.36. The lowest BCUT2D eigenvalue weighted by molar-refractivity contribution is 0.0690. The summed E-state index contributed by atoms with van der Waals surface area (Å²) >= 11 is 0. The Kier molecular flexibility index (Phi) is 2.91. The molecule has 2 rings (SSSR count). The average molecular weight is 262 g/mol. The monoisotopic (exact) mass is 262 g/mol. The quantitative estimate of drug-likeness (QED) is 0.756. The Balaban J connectivity index is 2.83. The fourth-order valence-corrected chi connectivity index (χ4v) is 1.57. The van der Waals surface area contributed by atoms with Crippen molar-refractivity contribution in [2.45, 2.75) is 0 Å². The number of hydrogen-bond donors (Lipinski definition) is 2. The van der Waals surface area contributed by atoms with Crippen molar-refractivity contribution in [1.29, 1.82) is 0 Å². The molecule has 2 aromatic heterocycles. The lowest BCUT2D eigenvalue weighted by Gasteiger charge is -2.08. The molecule has 0 saturated heterocycles. The molecule has 3 N–H and O–H groups in total. The molecule has 8 nitrogen and oxygen atoms in total. The highest BCUT2D eigenvalue weighted by atomic mass is 16.5. The molecule has 0 fully saturated rings. The molecule has 0 aliphatic carbocycles. The molecule has 0 aliphatic heterocycles. The predicted molar refractivity (Wildman–Crippen MR) is 64.5 cm³/mol. The Bertz CT molecular complexity index is 704. The number of methoxy groups -OCH3 is 1. The zero-order valence-corrected chi connectivity index (χ0v) is 9.95. The van der Waals surface area contributed by atoms with Crippen molar-refractivity contribution in [2.75, 3.05) is 7.11 Å². The molecule has 0 spiro atoms. The summed E-state index contributed by atoms with van der Waals surface area (Å²) in [6.07, 6.45) is 1.30. The molecular formula is C11H10N4O4. The van der Waals surface area contributed by atoms with Crippen LogP contribution in [0.5, 0.6) is 0 Å². The molecule has 98 valence electrons. The number of nitrogens with zero attached hydrogens (tertiary/aromatic N) is 3. The van der Waals surface area contributed by atoms with Crippen LogP contribution in [0.2, 0.25) is 0 Å². The molecule has 2 aromatic rings. The molecule has 0 saturated carbocycles. The van der Waals surface area contributed by atoms with Crippen molar-refractivity contribution < 1.29 is 19.4 Å². The summed E-state index contributed by atoms with van der Waals surface area (Å²) in [7, 11) is 1.39. The highest BCUT2D eigenvalue weighted by Gasteiger charge is 2.18. The van der Waals surface area contributed by atoms with Gasteiger partial charge in [0.05, 0.1) is 12.8 Å². The molecule has 1 amide bonds. The Morgan fingerprint density at radius 2 is 2.21 bits per heavy atom. The van der Waals surface area contributed by atoms with Gasteiger partial charge >= 0.3 is 5.97 Å². The Hall–Kier alpha value is -2.90. The van der Waals surface area contributed by atoms with Gasteiger partial charge in [0.1, 0.15) is 12.1 Å². The number of primary amides is 1. The molecule has 0 aliphatic rings. The molecule has 0 atom stereocenters. The smallest absolute Gasteiger partial charge is 0.354 e. The zero-order chi connectivity index (χ0) is 14.2. The fourth-order valence-electron chi connectivity index (χ4n) is 1.57. The van der Waals surface area contributed by atoms with Crippen molar-refractivity contribution in [3.63, 3.8) is 0 Å². The first-order valence-electron chi connectivity index (χ1n) is 5.10. The second-order valence-corrected chi connectivity index (χ2v) is 3.61. The summed E-state index contributed by atoms with van der Waals surface area (Å²) in [5.41, 5.74) is 5.14. The number of aromatic nitrogens is 3. The molecule has 19 heavy (non-hydrogen) atoms. The Morgan fingerprint density at radius 1 is 1.53 bits per heavy atom. The third-order valence-corrected chi connectivity index (χ3v) is 2.49. The number of imidazole rings is 1. The minimum atomic E-state index is -1.25. The van der Waals surface area contributed by atoms with Gasteiger partial charge < -0.3 is 15.6 Å². The van der Waals surface area contributed by atoms with Crippen LogP contribution in [0.1, 0.15) is 26.7 Å². The molecule has 0 aromatic carbocycles. The average Bonchev–Trinajstić information content (AvgIpc) is 2.80. The molecule has 0 radical (unpaired) electrons. The van der Waals surface area contributed by atoms with E-state index in [1.807, 2.05) is 0 Å². The maximum Gasteiger partial charge on any atom is 0.354 e. The van der Waals surface area contributed by atoms with Gasteiger partial charge in [-0.3, -0.25) is 9.20 Å². The van der Waals surface area contributed by atoms with E-state index >= 15 is 0 Å². The Labute approximate surface area is 107 Å². The van der Waals surface area contributed by atoms with Crippen LogP contribution in [0.15, 0.2) is 19.0 Å². The van der Waals surface area contributed by atoms with Crippen molar-refractivity contribution in [3.8, 4) is 0 Å². The van der Waals surface area contributed by atoms with Crippen LogP contribution >= 0.6 is 0 Å². The minimum absolute atomic E-state index is 0.0422. The number of amides is 1. The van der Waals surface area contributed by atoms with E-state index in [4.69, 9.17) is 15.6 Å². The van der Waals surface area contributed by atoms with Crippen LogP contribution in [0.3, 0.4) is 0 Å². The fraction of sp³-hybridized carbons (Fsp3) is 0.0909. The van der Waals surface area contributed by atoms with Gasteiger partial charge in [-0.25, -0.2) is 14.8 Å². The van der Waals surface area contributed by atoms with E-state index in [1.54, 1.807) is 0 Å². The third-order valence-electron chi connectivity index (χ3n) is 2.49. The number of ether oxygens (including phenoxy) is 1. The van der Waals surface area contributed by atoms with Crippen LogP contribution < -0.4 is 5.73 Å². The highest BCUT2D eigenvalue weighted by Crippen LogP contribution is 2.18. The van der Waals surface area contributed by atoms with Crippen LogP contribution in [-0.4, -0.2) is 38.5 Å². The molecular weight excluding hydrogens is 252 g/mol. The van der Waals surface area contributed by atoms with E-state index < -0.39 is 11.9 Å². The number of fused-ring (bicyclic) bond motifs is 1. The second kappa shape index (κ2) is 4.41. The minimum Gasteiger partial charge on any atom is -0.495 e. The molecule has 0 unspecified atom stereocenters. The topological polar surface area (TPSA) is 120 Å². The SMILES string of the molecule is C=C(OC)c1cc(C(=O)O)nc2c(C(N)=O)ncn12. The van der Waals surface area contributed by atoms with E-state index in [9.17, 15) is 9.59 Å². The first-order chi connectivity index (χ1) is 8.95. The van der Waals surface area contributed by atoms with E-state index in [0.29, 0.717) is 5.69 Å². The standard InChI is InChI=1S/C11H10N4O4/c1-5(19-2)7-3-6(11(17)18)14-10-8(9(12)16)13-4-15(7)10/h3-4H,1H2,2H3,(H2,12,16)(H,17,18). The van der Waals surface area contributed by atoms with Gasteiger partial charge in [0, 0.05) is 0 Å². The molecule has 0 bridgehead atoms. The van der Waals surface area contributed by atoms with Crippen LogP contribution in [0, 0.1) is 0 Å². The lowest BCUT2D eigenvalue weighted by Crippen LogP contribution is -2.14. The number of carbonyl (C=O) groups excluding carboxylic acids is 1. The zero-order valence-electron chi connectivity index (χ0n) is 9.95. The predicted octanol–water partition coefficient (Wildman–Crippen LogP) is 0.143. The van der Waals surface area contributed by atoms with Gasteiger partial charge in [-0.1, -0.05) is 6.58 Å². The molecule has 2 heterocycles. The van der Waals surface area contributed by atoms with E-state index in [1.165, 1.54) is 23.9 Å². The maximum absolute atomic E-state index is 11.2. The van der Waals surface area contributed by atoms with E-state index in [2.05, 4.69) is 16.5 Å².